The summed E-state index contributed by atoms with van der Waals surface area (Å²) < 4.78 is 30.5. The van der Waals surface area contributed by atoms with E-state index in [-0.39, 0.29) is 16.5 Å². The molecule has 17 heavy (non-hydrogen) atoms. The van der Waals surface area contributed by atoms with Crippen molar-refractivity contribution in [3.05, 3.63) is 27.7 Å². The Morgan fingerprint density at radius 3 is 2.88 bits per heavy atom. The molecule has 1 fully saturated rings. The van der Waals surface area contributed by atoms with Gasteiger partial charge in [0, 0.05) is 11.0 Å². The Bertz CT molecular complexity index is 514. The molecule has 1 aliphatic heterocycles. The molecule has 1 atom stereocenters. The first kappa shape index (κ1) is 13.3. The van der Waals surface area contributed by atoms with Gasteiger partial charge in [-0.2, -0.15) is 0 Å². The summed E-state index contributed by atoms with van der Waals surface area (Å²) in [6.07, 6.45) is 0. The van der Waals surface area contributed by atoms with Crippen LogP contribution in [0.1, 0.15) is 0 Å². The Balaban J connectivity index is 2.40. The van der Waals surface area contributed by atoms with Crippen LogP contribution in [0.15, 0.2) is 27.6 Å². The van der Waals surface area contributed by atoms with Crippen molar-refractivity contribution in [2.24, 2.45) is 0 Å². The van der Waals surface area contributed by atoms with Crippen molar-refractivity contribution in [2.75, 3.05) is 19.8 Å². The number of nitrogens with one attached hydrogen (secondary N) is 1. The number of morpholine rings is 1. The van der Waals surface area contributed by atoms with Gasteiger partial charge in [0.05, 0.1) is 23.1 Å². The molecule has 0 amide bonds. The van der Waals surface area contributed by atoms with Crippen molar-refractivity contribution in [1.29, 1.82) is 0 Å². The van der Waals surface area contributed by atoms with Crippen LogP contribution >= 0.6 is 27.5 Å². The maximum absolute atomic E-state index is 12.3. The second kappa shape index (κ2) is 5.24. The van der Waals surface area contributed by atoms with Crippen molar-refractivity contribution in [2.45, 2.75) is 10.3 Å². The summed E-state index contributed by atoms with van der Waals surface area (Å²) >= 11 is 9.17. The van der Waals surface area contributed by atoms with Crippen molar-refractivity contribution in [1.82, 2.24) is 5.32 Å². The van der Waals surface area contributed by atoms with Crippen molar-refractivity contribution in [3.63, 3.8) is 0 Å². The standard InChI is InChI=1S/C10H11BrClNO3S/c11-7-1-2-8(12)9(5-7)17(14,15)10-6-16-4-3-13-10/h1-2,5,10,13H,3-4,6H2. The van der Waals surface area contributed by atoms with Gasteiger partial charge in [-0.1, -0.05) is 27.5 Å². The normalized spacial score (nSPS) is 21.4. The molecule has 0 saturated carbocycles. The first-order valence-electron chi connectivity index (χ1n) is 5.02. The van der Waals surface area contributed by atoms with Crippen LogP contribution < -0.4 is 5.32 Å². The molecule has 1 aromatic rings. The summed E-state index contributed by atoms with van der Waals surface area (Å²) in [5, 5.41) is 2.41. The van der Waals surface area contributed by atoms with Gasteiger partial charge in [0.25, 0.3) is 0 Å². The third kappa shape index (κ3) is 2.82. The molecule has 0 aromatic heterocycles. The minimum atomic E-state index is -3.51. The molecule has 4 nitrogen and oxygen atoms in total. The summed E-state index contributed by atoms with van der Waals surface area (Å²) in [6.45, 7) is 1.19. The van der Waals surface area contributed by atoms with Crippen molar-refractivity contribution in [3.8, 4) is 0 Å². The van der Waals surface area contributed by atoms with Gasteiger partial charge in [-0.25, -0.2) is 8.42 Å². The Labute approximate surface area is 113 Å². The molecule has 0 radical (unpaired) electrons. The summed E-state index contributed by atoms with van der Waals surface area (Å²) in [6, 6.07) is 4.77. The zero-order chi connectivity index (χ0) is 12.5. The minimum absolute atomic E-state index is 0.122. The fourth-order valence-corrected chi connectivity index (χ4v) is 4.09. The molecular weight excluding hydrogens is 330 g/mol. The highest BCUT2D eigenvalue weighted by Crippen LogP contribution is 2.28. The highest BCUT2D eigenvalue weighted by Gasteiger charge is 2.31. The van der Waals surface area contributed by atoms with E-state index < -0.39 is 15.2 Å². The predicted octanol–water partition coefficient (Wildman–Crippen LogP) is 1.82. The van der Waals surface area contributed by atoms with Gasteiger partial charge in [0.1, 0.15) is 5.37 Å². The lowest BCUT2D eigenvalue weighted by Gasteiger charge is -2.24. The first-order valence-corrected chi connectivity index (χ1v) is 7.73. The number of benzene rings is 1. The van der Waals surface area contributed by atoms with Gasteiger partial charge in [0.2, 0.25) is 0 Å². The van der Waals surface area contributed by atoms with E-state index in [1.807, 2.05) is 0 Å². The van der Waals surface area contributed by atoms with Crippen molar-refractivity contribution < 1.29 is 13.2 Å². The van der Waals surface area contributed by atoms with E-state index in [0.717, 1.165) is 0 Å². The third-order valence-corrected chi connectivity index (χ3v) is 5.40. The smallest absolute Gasteiger partial charge is 0.198 e. The molecule has 1 heterocycles. The Hall–Kier alpha value is -0.140. The molecule has 2 rings (SSSR count). The zero-order valence-electron chi connectivity index (χ0n) is 8.82. The van der Waals surface area contributed by atoms with E-state index in [4.69, 9.17) is 16.3 Å². The highest BCUT2D eigenvalue weighted by molar-refractivity contribution is 9.10. The Kier molecular flexibility index (Phi) is 4.10. The average Bonchev–Trinajstić information content (AvgIpc) is 2.33. The largest absolute Gasteiger partial charge is 0.377 e. The minimum Gasteiger partial charge on any atom is -0.377 e. The molecule has 7 heteroatoms. The summed E-state index contributed by atoms with van der Waals surface area (Å²) in [5.41, 5.74) is 0. The second-order valence-electron chi connectivity index (χ2n) is 3.64. The number of halogens is 2. The monoisotopic (exact) mass is 339 g/mol. The number of hydrogen-bond donors (Lipinski definition) is 1. The SMILES string of the molecule is O=S(=O)(c1cc(Br)ccc1Cl)C1COCCN1. The van der Waals surface area contributed by atoms with Gasteiger partial charge in [0.15, 0.2) is 9.84 Å². The molecule has 1 unspecified atom stereocenters. The third-order valence-electron chi connectivity index (χ3n) is 2.46. The molecule has 0 bridgehead atoms. The van der Waals surface area contributed by atoms with E-state index in [9.17, 15) is 8.42 Å². The fourth-order valence-electron chi connectivity index (χ4n) is 1.59. The van der Waals surface area contributed by atoms with Gasteiger partial charge in [-0.05, 0) is 18.2 Å². The summed E-state index contributed by atoms with van der Waals surface area (Å²) in [5.74, 6) is 0. The number of rotatable bonds is 2. The van der Waals surface area contributed by atoms with Crippen LogP contribution in [0.4, 0.5) is 0 Å². The number of sulfone groups is 1. The molecule has 1 saturated heterocycles. The van der Waals surface area contributed by atoms with Gasteiger partial charge < -0.3 is 4.74 Å². The lowest BCUT2D eigenvalue weighted by atomic mass is 10.4. The maximum Gasteiger partial charge on any atom is 0.198 e. The first-order chi connectivity index (χ1) is 8.01. The van der Waals surface area contributed by atoms with Crippen LogP contribution in [0.5, 0.6) is 0 Å². The average molecular weight is 341 g/mol. The molecule has 0 aliphatic carbocycles. The van der Waals surface area contributed by atoms with Gasteiger partial charge in [-0.3, -0.25) is 5.32 Å². The fraction of sp³-hybridized carbons (Fsp3) is 0.400. The molecule has 1 aliphatic rings. The molecular formula is C10H11BrClNO3S. The summed E-state index contributed by atoms with van der Waals surface area (Å²) in [4.78, 5) is 0.122. The van der Waals surface area contributed by atoms with Crippen LogP contribution in [-0.4, -0.2) is 33.6 Å². The zero-order valence-corrected chi connectivity index (χ0v) is 12.0. The molecule has 0 spiro atoms. The number of ether oxygens (including phenoxy) is 1. The van der Waals surface area contributed by atoms with Crippen LogP contribution in [-0.2, 0) is 14.6 Å². The van der Waals surface area contributed by atoms with Crippen LogP contribution in [0, 0.1) is 0 Å². The van der Waals surface area contributed by atoms with Crippen LogP contribution in [0.25, 0.3) is 0 Å². The Morgan fingerprint density at radius 2 is 2.24 bits per heavy atom. The van der Waals surface area contributed by atoms with Crippen LogP contribution in [0.3, 0.4) is 0 Å². The van der Waals surface area contributed by atoms with Crippen molar-refractivity contribution >= 4 is 37.4 Å². The maximum atomic E-state index is 12.3. The van der Waals surface area contributed by atoms with E-state index in [1.165, 1.54) is 6.07 Å². The lowest BCUT2D eigenvalue weighted by Crippen LogP contribution is -2.46. The predicted molar refractivity (Wildman–Crippen MR) is 68.9 cm³/mol. The quantitative estimate of drug-likeness (QED) is 0.892. The van der Waals surface area contributed by atoms with E-state index in [0.29, 0.717) is 17.6 Å². The topological polar surface area (TPSA) is 55.4 Å². The van der Waals surface area contributed by atoms with Gasteiger partial charge in [-0.15, -0.1) is 0 Å². The number of hydrogen-bond acceptors (Lipinski definition) is 4. The lowest BCUT2D eigenvalue weighted by molar-refractivity contribution is 0.0978. The van der Waals surface area contributed by atoms with E-state index >= 15 is 0 Å². The second-order valence-corrected chi connectivity index (χ2v) is 7.06. The molecule has 1 aromatic carbocycles. The van der Waals surface area contributed by atoms with Crippen LogP contribution in [0.2, 0.25) is 5.02 Å². The summed E-state index contributed by atoms with van der Waals surface area (Å²) in [7, 11) is -3.51. The molecule has 94 valence electrons. The molecule has 1 N–H and O–H groups in total. The Morgan fingerprint density at radius 1 is 1.47 bits per heavy atom. The highest BCUT2D eigenvalue weighted by atomic mass is 79.9. The van der Waals surface area contributed by atoms with E-state index in [2.05, 4.69) is 21.2 Å². The van der Waals surface area contributed by atoms with E-state index in [1.54, 1.807) is 12.1 Å². The van der Waals surface area contributed by atoms with Gasteiger partial charge >= 0.3 is 0 Å².